The molecule has 2 rings (SSSR count). The van der Waals surface area contributed by atoms with Crippen LogP contribution in [0.4, 0.5) is 0 Å². The molecule has 0 heterocycles. The molecule has 0 nitrogen and oxygen atoms in total. The van der Waals surface area contributed by atoms with E-state index in [1.165, 1.54) is 0 Å². The second-order valence-electron chi connectivity index (χ2n) is 3.08. The molecule has 1 fully saturated rings. The van der Waals surface area contributed by atoms with Crippen molar-refractivity contribution in [3.05, 3.63) is 35.9 Å². The van der Waals surface area contributed by atoms with Gasteiger partial charge in [0.15, 0.2) is 0 Å². The van der Waals surface area contributed by atoms with Gasteiger partial charge in [0, 0.05) is 5.56 Å². The fourth-order valence-corrected chi connectivity index (χ4v) is 1.08. The Hall–Kier alpha value is -0.930. The third kappa shape index (κ3) is 1.81. The van der Waals surface area contributed by atoms with Gasteiger partial charge in [-0.05, 0) is 25.0 Å². The monoisotopic (exact) mass is 176 g/mol. The van der Waals surface area contributed by atoms with Crippen LogP contribution in [0, 0.1) is 11.8 Å². The molecule has 1 aliphatic rings. The van der Waals surface area contributed by atoms with E-state index in [1.54, 1.807) is 0 Å². The minimum atomic E-state index is -0.185. The summed E-state index contributed by atoms with van der Waals surface area (Å²) in [5.74, 6) is 6.13. The smallest absolute Gasteiger partial charge is 0.105 e. The average molecular weight is 177 g/mol. The van der Waals surface area contributed by atoms with Gasteiger partial charge in [-0.3, -0.25) is 0 Å². The van der Waals surface area contributed by atoms with Gasteiger partial charge in [-0.2, -0.15) is 0 Å². The Labute approximate surface area is 77.6 Å². The zero-order valence-electron chi connectivity index (χ0n) is 6.68. The Bertz CT molecular complexity index is 325. The highest BCUT2D eigenvalue weighted by molar-refractivity contribution is 6.28. The Morgan fingerprint density at radius 3 is 2.42 bits per heavy atom. The first-order valence-electron chi connectivity index (χ1n) is 4.06. The Morgan fingerprint density at radius 1 is 1.17 bits per heavy atom. The lowest BCUT2D eigenvalue weighted by Gasteiger charge is -1.90. The highest BCUT2D eigenvalue weighted by Crippen LogP contribution is 2.41. The molecule has 0 atom stereocenters. The van der Waals surface area contributed by atoms with Gasteiger partial charge in [-0.25, -0.2) is 0 Å². The fourth-order valence-electron chi connectivity index (χ4n) is 0.940. The maximum absolute atomic E-state index is 6.02. The molecule has 0 spiro atoms. The molecule has 1 aliphatic carbocycles. The third-order valence-corrected chi connectivity index (χ3v) is 2.37. The van der Waals surface area contributed by atoms with Gasteiger partial charge >= 0.3 is 0 Å². The summed E-state index contributed by atoms with van der Waals surface area (Å²) in [5, 5.41) is 0. The van der Waals surface area contributed by atoms with E-state index in [0.717, 1.165) is 18.4 Å². The van der Waals surface area contributed by atoms with Gasteiger partial charge in [0.05, 0.1) is 0 Å². The number of alkyl halides is 1. The molecule has 1 heteroatoms. The molecule has 0 unspecified atom stereocenters. The van der Waals surface area contributed by atoms with Crippen molar-refractivity contribution in [2.75, 3.05) is 0 Å². The number of rotatable bonds is 0. The molecular formula is C11H9Cl. The molecule has 1 saturated carbocycles. The molecule has 0 saturated heterocycles. The van der Waals surface area contributed by atoms with Crippen molar-refractivity contribution >= 4 is 11.6 Å². The molecular weight excluding hydrogens is 168 g/mol. The molecule has 60 valence electrons. The minimum Gasteiger partial charge on any atom is -0.105 e. The van der Waals surface area contributed by atoms with Crippen molar-refractivity contribution in [2.45, 2.75) is 17.7 Å². The number of halogens is 1. The van der Waals surface area contributed by atoms with Crippen LogP contribution < -0.4 is 0 Å². The zero-order chi connectivity index (χ0) is 8.44. The molecule has 0 amide bonds. The first kappa shape index (κ1) is 7.71. The summed E-state index contributed by atoms with van der Waals surface area (Å²) in [6.07, 6.45) is 2.07. The van der Waals surface area contributed by atoms with E-state index < -0.39 is 0 Å². The van der Waals surface area contributed by atoms with Gasteiger partial charge < -0.3 is 0 Å². The van der Waals surface area contributed by atoms with E-state index in [-0.39, 0.29) is 4.87 Å². The summed E-state index contributed by atoms with van der Waals surface area (Å²) >= 11 is 6.02. The quantitative estimate of drug-likeness (QED) is 0.421. The normalized spacial score (nSPS) is 17.8. The van der Waals surface area contributed by atoms with E-state index in [9.17, 15) is 0 Å². The third-order valence-electron chi connectivity index (χ3n) is 1.89. The van der Waals surface area contributed by atoms with Crippen molar-refractivity contribution in [3.63, 3.8) is 0 Å². The number of hydrogen-bond acceptors (Lipinski definition) is 0. The molecule has 12 heavy (non-hydrogen) atoms. The molecule has 0 aliphatic heterocycles. The Balaban J connectivity index is 2.16. The standard InChI is InChI=1S/C11H9Cl/c12-11(8-9-11)7-6-10-4-2-1-3-5-10/h1-5H,8-9H2. The molecule has 0 aromatic heterocycles. The lowest BCUT2D eigenvalue weighted by Crippen LogP contribution is -1.89. The highest BCUT2D eigenvalue weighted by Gasteiger charge is 2.38. The van der Waals surface area contributed by atoms with Crippen molar-refractivity contribution < 1.29 is 0 Å². The average Bonchev–Trinajstić information content (AvgIpc) is 2.84. The summed E-state index contributed by atoms with van der Waals surface area (Å²) in [4.78, 5) is -0.185. The lowest BCUT2D eigenvalue weighted by atomic mass is 10.2. The van der Waals surface area contributed by atoms with Crippen LogP contribution in [0.1, 0.15) is 18.4 Å². The van der Waals surface area contributed by atoms with Crippen LogP contribution in [-0.2, 0) is 0 Å². The topological polar surface area (TPSA) is 0 Å². The van der Waals surface area contributed by atoms with E-state index in [4.69, 9.17) is 11.6 Å². The lowest BCUT2D eigenvalue weighted by molar-refractivity contribution is 1.23. The number of hydrogen-bond donors (Lipinski definition) is 0. The van der Waals surface area contributed by atoms with Crippen molar-refractivity contribution in [1.82, 2.24) is 0 Å². The van der Waals surface area contributed by atoms with Crippen LogP contribution in [-0.4, -0.2) is 4.87 Å². The largest absolute Gasteiger partial charge is 0.105 e. The van der Waals surface area contributed by atoms with E-state index in [2.05, 4.69) is 11.8 Å². The van der Waals surface area contributed by atoms with Crippen LogP contribution in [0.25, 0.3) is 0 Å². The van der Waals surface area contributed by atoms with E-state index >= 15 is 0 Å². The summed E-state index contributed by atoms with van der Waals surface area (Å²) in [7, 11) is 0. The SMILES string of the molecule is ClC1(C#Cc2ccccc2)CC1. The van der Waals surface area contributed by atoms with Crippen molar-refractivity contribution in [1.29, 1.82) is 0 Å². The molecule has 0 N–H and O–H groups in total. The van der Waals surface area contributed by atoms with E-state index in [0.29, 0.717) is 0 Å². The Morgan fingerprint density at radius 2 is 1.83 bits per heavy atom. The fraction of sp³-hybridized carbons (Fsp3) is 0.273. The molecule has 1 aromatic carbocycles. The van der Waals surface area contributed by atoms with Gasteiger partial charge in [0.25, 0.3) is 0 Å². The van der Waals surface area contributed by atoms with Crippen LogP contribution in [0.3, 0.4) is 0 Å². The van der Waals surface area contributed by atoms with Crippen LogP contribution in [0.15, 0.2) is 30.3 Å². The molecule has 0 bridgehead atoms. The maximum atomic E-state index is 6.02. The maximum Gasteiger partial charge on any atom is 0.105 e. The van der Waals surface area contributed by atoms with Crippen molar-refractivity contribution in [3.8, 4) is 11.8 Å². The van der Waals surface area contributed by atoms with Crippen LogP contribution in [0.5, 0.6) is 0 Å². The minimum absolute atomic E-state index is 0.185. The second kappa shape index (κ2) is 2.84. The zero-order valence-corrected chi connectivity index (χ0v) is 7.43. The van der Waals surface area contributed by atoms with Gasteiger partial charge in [0.1, 0.15) is 4.87 Å². The van der Waals surface area contributed by atoms with Gasteiger partial charge in [0.2, 0.25) is 0 Å². The second-order valence-corrected chi connectivity index (χ2v) is 3.80. The van der Waals surface area contributed by atoms with Crippen molar-refractivity contribution in [2.24, 2.45) is 0 Å². The van der Waals surface area contributed by atoms with Gasteiger partial charge in [-0.1, -0.05) is 30.0 Å². The summed E-state index contributed by atoms with van der Waals surface area (Å²) < 4.78 is 0. The summed E-state index contributed by atoms with van der Waals surface area (Å²) in [5.41, 5.74) is 1.05. The van der Waals surface area contributed by atoms with Crippen LogP contribution in [0.2, 0.25) is 0 Å². The predicted molar refractivity (Wildman–Crippen MR) is 51.1 cm³/mol. The predicted octanol–water partition coefficient (Wildman–Crippen LogP) is 2.81. The van der Waals surface area contributed by atoms with E-state index in [1.807, 2.05) is 30.3 Å². The molecule has 1 aromatic rings. The first-order chi connectivity index (χ1) is 5.79. The Kier molecular flexibility index (Phi) is 1.83. The van der Waals surface area contributed by atoms with Crippen LogP contribution >= 0.6 is 11.6 Å². The summed E-state index contributed by atoms with van der Waals surface area (Å²) in [6, 6.07) is 9.94. The number of benzene rings is 1. The molecule has 0 radical (unpaired) electrons. The highest BCUT2D eigenvalue weighted by atomic mass is 35.5. The van der Waals surface area contributed by atoms with Gasteiger partial charge in [-0.15, -0.1) is 11.6 Å². The first-order valence-corrected chi connectivity index (χ1v) is 4.43. The summed E-state index contributed by atoms with van der Waals surface area (Å²) in [6.45, 7) is 0.